The Kier molecular flexibility index (Phi) is 23.8. The molecule has 0 aliphatic carbocycles. The van der Waals surface area contributed by atoms with Crippen LogP contribution in [0.2, 0.25) is 10.0 Å². The van der Waals surface area contributed by atoms with Crippen molar-refractivity contribution >= 4 is 70.5 Å². The van der Waals surface area contributed by atoms with E-state index in [0.29, 0.717) is 13.0 Å². The van der Waals surface area contributed by atoms with Crippen LogP contribution >= 0.6 is 23.2 Å². The Morgan fingerprint density at radius 3 is 1.93 bits per heavy atom. The molecule has 0 radical (unpaired) electrons. The van der Waals surface area contributed by atoms with Gasteiger partial charge in [0.2, 0.25) is 53.4 Å². The van der Waals surface area contributed by atoms with E-state index in [-0.39, 0.29) is 46.2 Å². The standard InChI is InChI=1S/C69H81Cl2N9O24/c1-6-7-14-74-37(15-26(2)3)61(91)79-52-54(86)29-9-12-41(35(70)17-29)100-43-19-31-20-44(58(43)104-68-59(57(89)56(88)45(25-81)102-68)103-47-24-69(5,73)60(90)27(4)99-47)101-42-13-10-30(18-36(42)71)55(87)53-66(96)78-51(67(97)98)34-21-32(82)22-40(84)48(34)33-16-28(8-11-39(33)83)49(63(93)80-53)77-64(94)50(31)76-62(92)38(23-46(72)85)75-65(52)95/h8-13,16-22,26-27,37-38,45,47,49-57,59-60,68,74,81-84,86-90H,6-7,14-15,23-25,73H2,1-5H3,(H2,72,85)(H,75,95)(H,76,92)(H,77,94)(H,78,96)(H,79,91)(H,80,93)(H,97,98)/t27-,37+,38-,45+,47-,49+,50-,51-,52+,53-,54+,55+,56+,57-,59+,60+,68-,69-/m0/s1. The molecule has 5 aromatic rings. The van der Waals surface area contributed by atoms with Crippen molar-refractivity contribution in [3.8, 4) is 57.1 Å². The Morgan fingerprint density at radius 1 is 0.721 bits per heavy atom. The average molecular weight is 1490 g/mol. The number of nitrogens with two attached hydrogens (primary N) is 2. The van der Waals surface area contributed by atoms with Gasteiger partial charge in [0.15, 0.2) is 29.9 Å². The van der Waals surface area contributed by atoms with Gasteiger partial charge in [-0.1, -0.05) is 68.6 Å². The van der Waals surface area contributed by atoms with Gasteiger partial charge in [-0.05, 0) is 116 Å². The molecule has 7 aliphatic heterocycles. The number of benzene rings is 5. The number of rotatable bonds is 16. The minimum Gasteiger partial charge on any atom is -0.508 e. The highest BCUT2D eigenvalue weighted by molar-refractivity contribution is 6.32. The lowest BCUT2D eigenvalue weighted by atomic mass is 9.86. The van der Waals surface area contributed by atoms with E-state index in [4.69, 9.17) is 63.1 Å². The first kappa shape index (κ1) is 77.4. The molecule has 35 heteroatoms. The molecule has 11 bridgehead atoms. The maximum atomic E-state index is 16.1. The number of amides is 7. The maximum Gasteiger partial charge on any atom is 0.330 e. The number of aromatic hydroxyl groups is 3. The number of aliphatic carboxylic acids is 1. The van der Waals surface area contributed by atoms with Crippen molar-refractivity contribution in [2.45, 2.75) is 176 Å². The lowest BCUT2D eigenvalue weighted by molar-refractivity contribution is -0.333. The van der Waals surface area contributed by atoms with Gasteiger partial charge in [0.25, 0.3) is 0 Å². The highest BCUT2D eigenvalue weighted by Crippen LogP contribution is 2.50. The first-order valence-electron chi connectivity index (χ1n) is 33.2. The number of fused-ring (bicyclic) bond motifs is 15. The van der Waals surface area contributed by atoms with Crippen molar-refractivity contribution < 1.29 is 118 Å². The smallest absolute Gasteiger partial charge is 0.330 e. The number of phenolic OH excluding ortho intramolecular Hbond substituents is 3. The van der Waals surface area contributed by atoms with Crippen molar-refractivity contribution in [2.75, 3.05) is 13.2 Å². The van der Waals surface area contributed by atoms with Crippen molar-refractivity contribution in [3.63, 3.8) is 0 Å². The molecular weight excluding hydrogens is 1410 g/mol. The molecule has 104 heavy (non-hydrogen) atoms. The number of carbonyl (C=O) groups excluding carboxylic acids is 7. The molecule has 21 N–H and O–H groups in total. The highest BCUT2D eigenvalue weighted by Gasteiger charge is 2.52. The number of unbranched alkanes of at least 4 members (excludes halogenated alkanes) is 1. The topological polar surface area (TPSA) is 530 Å². The van der Waals surface area contributed by atoms with Crippen molar-refractivity contribution in [3.05, 3.63) is 117 Å². The van der Waals surface area contributed by atoms with Crippen LogP contribution in [0.5, 0.6) is 46.0 Å². The summed E-state index contributed by atoms with van der Waals surface area (Å²) in [7, 11) is 0. The van der Waals surface area contributed by atoms with Crippen LogP contribution in [0, 0.1) is 5.92 Å². The largest absolute Gasteiger partial charge is 0.508 e. The fourth-order valence-electron chi connectivity index (χ4n) is 12.9. The van der Waals surface area contributed by atoms with Gasteiger partial charge >= 0.3 is 5.97 Å². The molecule has 0 aromatic heterocycles. The Bertz CT molecular complexity index is 4130. The molecule has 0 spiro atoms. The van der Waals surface area contributed by atoms with Crippen LogP contribution in [-0.2, 0) is 52.6 Å². The summed E-state index contributed by atoms with van der Waals surface area (Å²) in [6, 6.07) is -0.576. The van der Waals surface area contributed by atoms with E-state index in [1.54, 1.807) is 0 Å². The van der Waals surface area contributed by atoms with E-state index in [2.05, 4.69) is 37.2 Å². The normalized spacial score (nSPS) is 28.9. The van der Waals surface area contributed by atoms with E-state index in [9.17, 15) is 70.2 Å². The molecule has 12 rings (SSSR count). The van der Waals surface area contributed by atoms with Gasteiger partial charge in [-0.25, -0.2) is 4.79 Å². The summed E-state index contributed by atoms with van der Waals surface area (Å²) >= 11 is 14.2. The lowest BCUT2D eigenvalue weighted by Gasteiger charge is -2.47. The fourth-order valence-corrected chi connectivity index (χ4v) is 13.3. The van der Waals surface area contributed by atoms with Crippen molar-refractivity contribution in [1.29, 1.82) is 0 Å². The fraction of sp³-hybridized carbons (Fsp3) is 0.449. The van der Waals surface area contributed by atoms with E-state index < -0.39 is 237 Å². The molecule has 0 saturated carbocycles. The molecule has 18 atom stereocenters. The third-order valence-corrected chi connectivity index (χ3v) is 18.9. The average Bonchev–Trinajstić information content (AvgIpc) is 0.769. The number of aliphatic hydroxyl groups is 6. The zero-order valence-electron chi connectivity index (χ0n) is 56.4. The molecule has 7 heterocycles. The summed E-state index contributed by atoms with van der Waals surface area (Å²) in [5, 5.41) is 131. The SMILES string of the molecule is CCCCN[C@H](CC(C)C)C(=O)N[C@H]1C(=O)N[C@@H](CC(N)=O)C(=O)N[C@@H]2C(=O)N[C@H]3C(=O)N[C@H](C(=O)N[C@H](C(=O)O)c4cc(O)cc(O)c4-c4cc3ccc4O)[C@H](O)c3ccc(c(Cl)c3)Oc3cc2cc(c3O[C@@H]2O[C@H](CO)[C@@H](O)[C@H](O)[C@H]2O[C@H]2C[C@](C)(N)[C@H](O)[C@H](C)O2)Oc2ccc(cc2Cl)[C@H]1O. The third-order valence-electron chi connectivity index (χ3n) is 18.3. The van der Waals surface area contributed by atoms with Gasteiger partial charge in [-0.15, -0.1) is 0 Å². The molecule has 2 saturated heterocycles. The molecule has 33 nitrogen and oxygen atoms in total. The minimum atomic E-state index is -2.35. The second-order valence-electron chi connectivity index (χ2n) is 26.7. The van der Waals surface area contributed by atoms with Crippen molar-refractivity contribution in [2.24, 2.45) is 17.4 Å². The quantitative estimate of drug-likeness (QED) is 0.0619. The Labute approximate surface area is 603 Å². The van der Waals surface area contributed by atoms with E-state index in [0.717, 1.165) is 73.2 Å². The summed E-state index contributed by atoms with van der Waals surface area (Å²) in [5.41, 5.74) is 8.08. The number of aliphatic hydroxyl groups excluding tert-OH is 6. The number of carboxylic acids is 1. The first-order chi connectivity index (χ1) is 49.2. The molecule has 0 unspecified atom stereocenters. The predicted molar refractivity (Wildman–Crippen MR) is 363 cm³/mol. The first-order valence-corrected chi connectivity index (χ1v) is 33.9. The van der Waals surface area contributed by atoms with Crippen LogP contribution in [0.15, 0.2) is 78.9 Å². The molecule has 5 aromatic carbocycles. The molecule has 7 amide bonds. The van der Waals surface area contributed by atoms with Gasteiger partial charge < -0.3 is 128 Å². The van der Waals surface area contributed by atoms with E-state index >= 15 is 19.2 Å². The van der Waals surface area contributed by atoms with Crippen LogP contribution in [0.1, 0.15) is 125 Å². The Morgan fingerprint density at radius 2 is 1.34 bits per heavy atom. The summed E-state index contributed by atoms with van der Waals surface area (Å²) in [5.74, 6) is -15.9. The second-order valence-corrected chi connectivity index (χ2v) is 27.5. The molecule has 2 fully saturated rings. The number of primary amides is 1. The van der Waals surface area contributed by atoms with Crippen molar-refractivity contribution in [1.82, 2.24) is 37.2 Å². The zero-order valence-corrected chi connectivity index (χ0v) is 58.0. The zero-order chi connectivity index (χ0) is 75.7. The molecular formula is C69H81Cl2N9O24. The number of carbonyl (C=O) groups is 8. The minimum absolute atomic E-state index is 0.0960. The summed E-state index contributed by atoms with van der Waals surface area (Å²) < 4.78 is 38.4. The van der Waals surface area contributed by atoms with Crippen LogP contribution in [0.4, 0.5) is 0 Å². The summed E-state index contributed by atoms with van der Waals surface area (Å²) in [6.45, 7) is 8.03. The lowest BCUT2D eigenvalue weighted by Crippen LogP contribution is -2.64. The Hall–Kier alpha value is -9.20. The summed E-state index contributed by atoms with van der Waals surface area (Å²) in [6.07, 6.45) is -17.1. The summed E-state index contributed by atoms with van der Waals surface area (Å²) in [4.78, 5) is 118. The number of ether oxygens (including phenoxy) is 6. The van der Waals surface area contributed by atoms with Gasteiger partial charge in [0.1, 0.15) is 89.5 Å². The maximum absolute atomic E-state index is 16.1. The van der Waals surface area contributed by atoms with Gasteiger partial charge in [-0.3, -0.25) is 33.6 Å². The number of nitrogens with one attached hydrogen (secondary N) is 7. The van der Waals surface area contributed by atoms with E-state index in [1.165, 1.54) is 26.0 Å². The molecule has 560 valence electrons. The Balaban J connectivity index is 1.23. The third kappa shape index (κ3) is 16.8. The molecule has 7 aliphatic rings. The van der Waals surface area contributed by atoms with E-state index in [1.807, 2.05) is 20.8 Å². The number of carboxylic acid groups (broad SMARTS) is 1. The van der Waals surface area contributed by atoms with Crippen LogP contribution in [0.25, 0.3) is 11.1 Å². The number of hydrogen-bond donors (Lipinski definition) is 19. The number of hydrogen-bond acceptors (Lipinski definition) is 25. The van der Waals surface area contributed by atoms with Gasteiger partial charge in [0, 0.05) is 34.7 Å². The second kappa shape index (κ2) is 32.0. The van der Waals surface area contributed by atoms with Gasteiger partial charge in [0.05, 0.1) is 41.3 Å². The highest BCUT2D eigenvalue weighted by atomic mass is 35.5. The number of halogens is 2. The predicted octanol–water partition coefficient (Wildman–Crippen LogP) is 1.28. The van der Waals surface area contributed by atoms with Crippen LogP contribution in [0.3, 0.4) is 0 Å². The van der Waals surface area contributed by atoms with Crippen LogP contribution < -0.4 is 62.9 Å². The van der Waals surface area contributed by atoms with Gasteiger partial charge in [-0.2, -0.15) is 0 Å². The van der Waals surface area contributed by atoms with Crippen LogP contribution in [-0.4, -0.2) is 190 Å². The number of phenols is 3. The monoisotopic (exact) mass is 1490 g/mol.